The van der Waals surface area contributed by atoms with Gasteiger partial charge in [0.05, 0.1) is 16.2 Å². The predicted molar refractivity (Wildman–Crippen MR) is 112 cm³/mol. The first-order valence-electron chi connectivity index (χ1n) is 8.63. The number of benzene rings is 1. The van der Waals surface area contributed by atoms with Crippen LogP contribution in [-0.4, -0.2) is 39.1 Å². The van der Waals surface area contributed by atoms with Gasteiger partial charge in [0.25, 0.3) is 11.8 Å². The number of aliphatic imine (C=N–C) groups is 1. The first kappa shape index (κ1) is 21.7. The number of thioether (sulfide) groups is 1. The van der Waals surface area contributed by atoms with Gasteiger partial charge in [-0.1, -0.05) is 47.1 Å². The molecule has 160 valence electrons. The lowest BCUT2D eigenvalue weighted by molar-refractivity contribution is -0.139. The van der Waals surface area contributed by atoms with Crippen molar-refractivity contribution in [3.05, 3.63) is 69.5 Å². The van der Waals surface area contributed by atoms with Crippen LogP contribution in [0.1, 0.15) is 11.1 Å². The Kier molecular flexibility index (Phi) is 5.48. The fourth-order valence-electron chi connectivity index (χ4n) is 3.02. The number of hydrogen-bond donors (Lipinski definition) is 0. The molecule has 4 rings (SSSR count). The second-order valence-corrected chi connectivity index (χ2v) is 8.47. The highest BCUT2D eigenvalue weighted by Gasteiger charge is 2.48. The van der Waals surface area contributed by atoms with Crippen molar-refractivity contribution in [1.82, 2.24) is 9.99 Å². The van der Waals surface area contributed by atoms with Crippen LogP contribution < -0.4 is 5.01 Å². The number of carbonyl (C=O) groups is 2. The van der Waals surface area contributed by atoms with Crippen LogP contribution in [0.5, 0.6) is 0 Å². The molecule has 2 aliphatic rings. The molecule has 2 amide bonds. The molecule has 2 aromatic rings. The van der Waals surface area contributed by atoms with Crippen LogP contribution in [0.4, 0.5) is 19.0 Å². The molecule has 12 heteroatoms. The van der Waals surface area contributed by atoms with Crippen LogP contribution in [-0.2, 0) is 15.8 Å². The number of amides is 2. The van der Waals surface area contributed by atoms with Crippen LogP contribution in [0.25, 0.3) is 0 Å². The van der Waals surface area contributed by atoms with Crippen LogP contribution in [0.2, 0.25) is 10.0 Å². The second-order valence-electron chi connectivity index (χ2n) is 6.53. The SMILES string of the molecule is CN(c1ncc(C(F)(F)F)cc1Cl)N1C(=O)C2=CN=C(c3ccc(Cl)cc3)S[C@H]2C1=O. The standard InChI is InChI=1S/C19H11Cl2F3N4O2S/c1-27(15-13(21)6-10(7-25-15)19(22,23)24)28-17(29)12-8-26-16(31-14(12)18(28)30)9-2-4-11(20)5-3-9/h2-8,14H,1H3/t14-/m1/s1. The van der Waals surface area contributed by atoms with Crippen molar-refractivity contribution < 1.29 is 22.8 Å². The number of pyridine rings is 1. The maximum atomic E-state index is 13.0. The lowest BCUT2D eigenvalue weighted by atomic mass is 10.2. The molecule has 1 fully saturated rings. The molecule has 0 N–H and O–H groups in total. The minimum Gasteiger partial charge on any atom is -0.271 e. The molecule has 31 heavy (non-hydrogen) atoms. The third-order valence-corrected chi connectivity index (χ3v) is 6.34. The van der Waals surface area contributed by atoms with E-state index in [1.165, 1.54) is 13.2 Å². The maximum absolute atomic E-state index is 13.0. The lowest BCUT2D eigenvalue weighted by Crippen LogP contribution is -2.45. The average Bonchev–Trinajstić information content (AvgIpc) is 2.97. The molecular formula is C19H11Cl2F3N4O2S. The van der Waals surface area contributed by atoms with Gasteiger partial charge in [-0.15, -0.1) is 0 Å². The summed E-state index contributed by atoms with van der Waals surface area (Å²) in [6, 6.07) is 7.53. The molecule has 0 aliphatic carbocycles. The van der Waals surface area contributed by atoms with Gasteiger partial charge in [0, 0.05) is 30.0 Å². The highest BCUT2D eigenvalue weighted by molar-refractivity contribution is 8.15. The Morgan fingerprint density at radius 3 is 2.45 bits per heavy atom. The molecular weight excluding hydrogens is 476 g/mol. The molecule has 6 nitrogen and oxygen atoms in total. The van der Waals surface area contributed by atoms with Crippen molar-refractivity contribution in [2.45, 2.75) is 11.4 Å². The Balaban J connectivity index is 1.60. The van der Waals surface area contributed by atoms with Gasteiger partial charge in [-0.2, -0.15) is 18.2 Å². The average molecular weight is 487 g/mol. The van der Waals surface area contributed by atoms with Gasteiger partial charge in [-0.25, -0.2) is 9.98 Å². The number of halogens is 5. The van der Waals surface area contributed by atoms with Gasteiger partial charge in [0.1, 0.15) is 10.3 Å². The minimum absolute atomic E-state index is 0.155. The minimum atomic E-state index is -4.63. The fraction of sp³-hybridized carbons (Fsp3) is 0.158. The highest BCUT2D eigenvalue weighted by Crippen LogP contribution is 2.39. The lowest BCUT2D eigenvalue weighted by Gasteiger charge is -2.27. The van der Waals surface area contributed by atoms with Gasteiger partial charge >= 0.3 is 6.18 Å². The van der Waals surface area contributed by atoms with Gasteiger partial charge in [-0.3, -0.25) is 14.6 Å². The van der Waals surface area contributed by atoms with Crippen LogP contribution in [0.15, 0.2) is 53.3 Å². The van der Waals surface area contributed by atoms with E-state index in [4.69, 9.17) is 23.2 Å². The number of hydrogen-bond acceptors (Lipinski definition) is 6. The van der Waals surface area contributed by atoms with E-state index in [0.29, 0.717) is 22.3 Å². The van der Waals surface area contributed by atoms with Gasteiger partial charge in [0.15, 0.2) is 5.82 Å². The van der Waals surface area contributed by atoms with Crippen molar-refractivity contribution >= 4 is 57.6 Å². The summed E-state index contributed by atoms with van der Waals surface area (Å²) in [5.74, 6) is -1.40. The smallest absolute Gasteiger partial charge is 0.271 e. The molecule has 0 saturated carbocycles. The summed E-state index contributed by atoms with van der Waals surface area (Å²) in [5.41, 5.74) is -0.159. The summed E-state index contributed by atoms with van der Waals surface area (Å²) >= 11 is 13.0. The Bertz CT molecular complexity index is 1150. The third-order valence-electron chi connectivity index (χ3n) is 4.55. The summed E-state index contributed by atoms with van der Waals surface area (Å²) in [6.07, 6.45) is -2.72. The molecule has 0 unspecified atom stereocenters. The third kappa shape index (κ3) is 3.90. The topological polar surface area (TPSA) is 65.9 Å². The van der Waals surface area contributed by atoms with Crippen molar-refractivity contribution in [2.24, 2.45) is 4.99 Å². The summed E-state index contributed by atoms with van der Waals surface area (Å²) in [7, 11) is 1.32. The summed E-state index contributed by atoms with van der Waals surface area (Å²) < 4.78 is 38.6. The predicted octanol–water partition coefficient (Wildman–Crippen LogP) is 4.57. The van der Waals surface area contributed by atoms with E-state index in [1.807, 2.05) is 0 Å². The van der Waals surface area contributed by atoms with E-state index in [9.17, 15) is 22.8 Å². The summed E-state index contributed by atoms with van der Waals surface area (Å²) in [4.78, 5) is 33.8. The van der Waals surface area contributed by atoms with E-state index in [0.717, 1.165) is 27.3 Å². The normalized spacial score (nSPS) is 18.6. The maximum Gasteiger partial charge on any atom is 0.417 e. The summed E-state index contributed by atoms with van der Waals surface area (Å²) in [6.45, 7) is 0. The number of carbonyl (C=O) groups excluding carboxylic acids is 2. The van der Waals surface area contributed by atoms with Crippen molar-refractivity contribution in [2.75, 3.05) is 12.1 Å². The zero-order chi connectivity index (χ0) is 22.5. The van der Waals surface area contributed by atoms with Crippen molar-refractivity contribution in [3.63, 3.8) is 0 Å². The van der Waals surface area contributed by atoms with Gasteiger partial charge < -0.3 is 0 Å². The Morgan fingerprint density at radius 2 is 1.84 bits per heavy atom. The fourth-order valence-corrected chi connectivity index (χ4v) is 4.54. The molecule has 1 saturated heterocycles. The molecule has 2 aliphatic heterocycles. The molecule has 3 heterocycles. The number of anilines is 1. The number of imide groups is 1. The Labute approximate surface area is 188 Å². The number of fused-ring (bicyclic) bond motifs is 1. The van der Waals surface area contributed by atoms with Gasteiger partial charge in [-0.05, 0) is 18.2 Å². The largest absolute Gasteiger partial charge is 0.417 e. The molecule has 0 radical (unpaired) electrons. The van der Waals surface area contributed by atoms with Crippen LogP contribution in [0, 0.1) is 0 Å². The second kappa shape index (κ2) is 7.85. The molecule has 0 spiro atoms. The van der Waals surface area contributed by atoms with Crippen molar-refractivity contribution in [3.8, 4) is 0 Å². The van der Waals surface area contributed by atoms with E-state index in [1.54, 1.807) is 24.3 Å². The van der Waals surface area contributed by atoms with E-state index in [-0.39, 0.29) is 16.4 Å². The number of alkyl halides is 3. The van der Waals surface area contributed by atoms with Crippen LogP contribution in [0.3, 0.4) is 0 Å². The monoisotopic (exact) mass is 486 g/mol. The molecule has 1 aromatic heterocycles. The van der Waals surface area contributed by atoms with Crippen molar-refractivity contribution in [1.29, 1.82) is 0 Å². The Morgan fingerprint density at radius 1 is 1.16 bits per heavy atom. The van der Waals surface area contributed by atoms with E-state index >= 15 is 0 Å². The number of nitrogens with zero attached hydrogens (tertiary/aromatic N) is 4. The molecule has 1 aromatic carbocycles. The zero-order valence-corrected chi connectivity index (χ0v) is 17.9. The quantitative estimate of drug-likeness (QED) is 0.594. The first-order valence-corrected chi connectivity index (χ1v) is 10.3. The van der Waals surface area contributed by atoms with Gasteiger partial charge in [0.2, 0.25) is 0 Å². The van der Waals surface area contributed by atoms with E-state index in [2.05, 4.69) is 9.98 Å². The summed E-state index contributed by atoms with van der Waals surface area (Å²) in [5, 5.41) is 1.70. The number of hydrazine groups is 1. The highest BCUT2D eigenvalue weighted by atomic mass is 35.5. The first-order chi connectivity index (χ1) is 14.6. The number of aromatic nitrogens is 1. The van der Waals surface area contributed by atoms with Crippen LogP contribution >= 0.6 is 35.0 Å². The number of rotatable bonds is 3. The molecule has 0 bridgehead atoms. The molecule has 1 atom stereocenters. The zero-order valence-electron chi connectivity index (χ0n) is 15.5. The Hall–Kier alpha value is -2.56. The van der Waals surface area contributed by atoms with E-state index < -0.39 is 28.8 Å².